The van der Waals surface area contributed by atoms with E-state index in [1.165, 1.54) is 61.8 Å². The van der Waals surface area contributed by atoms with Crippen molar-refractivity contribution in [2.45, 2.75) is 54.8 Å². The summed E-state index contributed by atoms with van der Waals surface area (Å²) >= 11 is 0. The van der Waals surface area contributed by atoms with E-state index in [4.69, 9.17) is 6.82 Å². The second-order valence-corrected chi connectivity index (χ2v) is 10.8. The monoisotopic (exact) mass is 447 g/mol. The highest BCUT2D eigenvalue weighted by atomic mass is 15.2. The number of aromatic nitrogens is 1. The van der Waals surface area contributed by atoms with Crippen LogP contribution < -0.4 is 0 Å². The first-order valence-corrected chi connectivity index (χ1v) is 12.6. The highest BCUT2D eigenvalue weighted by molar-refractivity contribution is 6.73. The Labute approximate surface area is 205 Å². The summed E-state index contributed by atoms with van der Waals surface area (Å²) in [5.74, 6) is 0.558. The molecule has 0 amide bonds. The van der Waals surface area contributed by atoms with Crippen molar-refractivity contribution in [3.63, 3.8) is 0 Å². The molecule has 0 spiro atoms. The number of hydrogen-bond acceptors (Lipinski definition) is 0. The van der Waals surface area contributed by atoms with Crippen molar-refractivity contribution in [1.82, 2.24) is 4.48 Å². The molecule has 2 aliphatic heterocycles. The normalized spacial score (nSPS) is 19.9. The molecule has 2 nitrogen and oxygen atoms in total. The van der Waals surface area contributed by atoms with Gasteiger partial charge in [-0.05, 0) is 69.1 Å². The van der Waals surface area contributed by atoms with Gasteiger partial charge in [-0.15, -0.1) is 0 Å². The van der Waals surface area contributed by atoms with Crippen molar-refractivity contribution >= 4 is 23.3 Å². The van der Waals surface area contributed by atoms with E-state index >= 15 is 0 Å². The van der Waals surface area contributed by atoms with Crippen LogP contribution in [0.2, 0.25) is 6.82 Å². The minimum absolute atomic E-state index is 0.558. The third-order valence-corrected chi connectivity index (χ3v) is 7.81. The van der Waals surface area contributed by atoms with Gasteiger partial charge in [0.2, 0.25) is 0 Å². The number of nitrogens with zero attached hydrogens (tertiary/aromatic N) is 2. The van der Waals surface area contributed by atoms with Crippen LogP contribution in [0.1, 0.15) is 56.6 Å². The Balaban J connectivity index is 1.89. The molecule has 0 saturated heterocycles. The Morgan fingerprint density at radius 2 is 1.44 bits per heavy atom. The summed E-state index contributed by atoms with van der Waals surface area (Å²) in [5, 5.41) is 0. The van der Waals surface area contributed by atoms with Crippen molar-refractivity contribution in [3.05, 3.63) is 101 Å². The Morgan fingerprint density at radius 3 is 2.00 bits per heavy atom. The molecule has 1 unspecified atom stereocenters. The third-order valence-electron chi connectivity index (χ3n) is 7.81. The first-order valence-electron chi connectivity index (χ1n) is 12.6. The van der Waals surface area contributed by atoms with Crippen molar-refractivity contribution in [1.29, 1.82) is 0 Å². The molecular formula is C31H36BN2+. The Bertz CT molecular complexity index is 1380. The fourth-order valence-electron chi connectivity index (χ4n) is 6.74. The summed E-state index contributed by atoms with van der Waals surface area (Å²) in [6.45, 7) is 21.1. The fraction of sp³-hybridized carbons (Fsp3) is 0.290. The lowest BCUT2D eigenvalue weighted by molar-refractivity contribution is -0.334. The minimum atomic E-state index is -1.31. The van der Waals surface area contributed by atoms with Gasteiger partial charge in [-0.1, -0.05) is 74.5 Å². The molecular weight excluding hydrogens is 411 g/mol. The predicted octanol–water partition coefficient (Wildman–Crippen LogP) is 7.80. The molecule has 5 rings (SSSR count). The SMILES string of the molecule is [CH2+][B-]1(C)n2c(C)c(-c3ccccc3)c(C)c2C(CC(C)C)=C2C(C)=C(c3ccccc3)C(C)=[N+]21. The summed E-state index contributed by atoms with van der Waals surface area (Å²) in [5.41, 5.74) is 14.9. The zero-order valence-corrected chi connectivity index (χ0v) is 21.7. The van der Waals surface area contributed by atoms with Gasteiger partial charge in [0.15, 0.2) is 5.70 Å². The van der Waals surface area contributed by atoms with Crippen LogP contribution in [0.25, 0.3) is 22.3 Å². The standard InChI is InChI=1S/C31H36BN2/c1-20(2)19-27-30-21(3)28(25-15-11-9-12-16-25)23(5)33(30)32(7,8)34-24(6)29(22(4)31(27)34)26-17-13-10-14-18-26/h9-18,20H,7,19H2,1-6,8H3/q+1. The van der Waals surface area contributed by atoms with Gasteiger partial charge < -0.3 is 8.96 Å². The maximum absolute atomic E-state index is 4.92. The topological polar surface area (TPSA) is 7.94 Å². The second kappa shape index (κ2) is 7.94. The molecule has 1 aromatic heterocycles. The predicted molar refractivity (Wildman–Crippen MR) is 148 cm³/mol. The molecule has 0 saturated carbocycles. The van der Waals surface area contributed by atoms with Gasteiger partial charge >= 0.3 is 6.42 Å². The van der Waals surface area contributed by atoms with E-state index < -0.39 is 6.42 Å². The van der Waals surface area contributed by atoms with Crippen LogP contribution in [0.3, 0.4) is 0 Å². The highest BCUT2D eigenvalue weighted by Gasteiger charge is 2.53. The molecule has 172 valence electrons. The lowest BCUT2D eigenvalue weighted by Crippen LogP contribution is -2.54. The molecule has 0 aliphatic carbocycles. The quantitative estimate of drug-likeness (QED) is 0.285. The average molecular weight is 447 g/mol. The Kier molecular flexibility index (Phi) is 5.28. The van der Waals surface area contributed by atoms with Crippen molar-refractivity contribution in [2.24, 2.45) is 5.92 Å². The van der Waals surface area contributed by atoms with Gasteiger partial charge in [0.25, 0.3) is 0 Å². The van der Waals surface area contributed by atoms with E-state index in [0.29, 0.717) is 5.92 Å². The fourth-order valence-corrected chi connectivity index (χ4v) is 6.74. The van der Waals surface area contributed by atoms with Crippen LogP contribution in [0, 0.1) is 26.6 Å². The summed E-state index contributed by atoms with van der Waals surface area (Å²) in [6.07, 6.45) is -0.262. The largest absolute Gasteiger partial charge is 0.557 e. The van der Waals surface area contributed by atoms with E-state index in [0.717, 1.165) is 6.42 Å². The van der Waals surface area contributed by atoms with Crippen LogP contribution in [-0.2, 0) is 0 Å². The second-order valence-electron chi connectivity index (χ2n) is 10.8. The maximum atomic E-state index is 4.92. The molecule has 0 N–H and O–H groups in total. The van der Waals surface area contributed by atoms with Gasteiger partial charge in [0.1, 0.15) is 5.71 Å². The average Bonchev–Trinajstić information content (AvgIpc) is 3.23. The van der Waals surface area contributed by atoms with Crippen LogP contribution in [0.5, 0.6) is 0 Å². The zero-order chi connectivity index (χ0) is 24.4. The number of allylic oxidation sites excluding steroid dienone is 3. The van der Waals surface area contributed by atoms with Gasteiger partial charge in [0.05, 0.1) is 5.57 Å². The van der Waals surface area contributed by atoms with E-state index in [-0.39, 0.29) is 0 Å². The molecule has 34 heavy (non-hydrogen) atoms. The van der Waals surface area contributed by atoms with E-state index in [9.17, 15) is 0 Å². The number of fused-ring (bicyclic) bond motifs is 2. The minimum Gasteiger partial charge on any atom is -0.413 e. The first-order chi connectivity index (χ1) is 16.2. The molecule has 2 aliphatic rings. The van der Waals surface area contributed by atoms with Crippen molar-refractivity contribution in [3.8, 4) is 11.1 Å². The summed E-state index contributed by atoms with van der Waals surface area (Å²) in [4.78, 5) is 0. The molecule has 0 bridgehead atoms. The van der Waals surface area contributed by atoms with Crippen LogP contribution in [0.15, 0.2) is 71.9 Å². The lowest BCUT2D eigenvalue weighted by atomic mass is 9.48. The van der Waals surface area contributed by atoms with Crippen molar-refractivity contribution < 1.29 is 4.49 Å². The molecule has 3 aromatic rings. The Morgan fingerprint density at radius 1 is 0.882 bits per heavy atom. The molecule has 3 heterocycles. The van der Waals surface area contributed by atoms with Crippen LogP contribution in [-0.4, -0.2) is 21.1 Å². The van der Waals surface area contributed by atoms with E-state index in [1.54, 1.807) is 0 Å². The maximum Gasteiger partial charge on any atom is 0.557 e. The molecule has 0 radical (unpaired) electrons. The van der Waals surface area contributed by atoms with Gasteiger partial charge in [-0.3, -0.25) is 0 Å². The van der Waals surface area contributed by atoms with Crippen LogP contribution in [0.4, 0.5) is 0 Å². The smallest absolute Gasteiger partial charge is 0.413 e. The zero-order valence-electron chi connectivity index (χ0n) is 21.7. The first kappa shape index (κ1) is 22.6. The number of rotatable bonds is 4. The summed E-state index contributed by atoms with van der Waals surface area (Å²) in [7, 11) is 0. The molecule has 3 heteroatoms. The van der Waals surface area contributed by atoms with E-state index in [1.807, 2.05) is 0 Å². The van der Waals surface area contributed by atoms with Crippen molar-refractivity contribution in [2.75, 3.05) is 0 Å². The highest BCUT2D eigenvalue weighted by Crippen LogP contribution is 2.48. The van der Waals surface area contributed by atoms with Gasteiger partial charge in [-0.25, -0.2) is 0 Å². The summed E-state index contributed by atoms with van der Waals surface area (Å²) < 4.78 is 5.15. The van der Waals surface area contributed by atoms with E-state index in [2.05, 4.69) is 118 Å². The van der Waals surface area contributed by atoms with Crippen LogP contribution >= 0.6 is 0 Å². The molecule has 1 atom stereocenters. The summed E-state index contributed by atoms with van der Waals surface area (Å²) in [6, 6.07) is 21.7. The molecule has 0 fully saturated rings. The lowest BCUT2D eigenvalue weighted by Gasteiger charge is -2.35. The third kappa shape index (κ3) is 3.10. The molecule has 2 aromatic carbocycles. The number of benzene rings is 2. The van der Waals surface area contributed by atoms with Gasteiger partial charge in [0, 0.05) is 29.3 Å². The number of hydrogen-bond donors (Lipinski definition) is 0. The Hall–Kier alpha value is -3.20. The van der Waals surface area contributed by atoms with Gasteiger partial charge in [-0.2, -0.15) is 0 Å².